The smallest absolute Gasteiger partial charge is 0.406 e. The largest absolute Gasteiger partial charge is 0.573 e. The van der Waals surface area contributed by atoms with E-state index in [1.165, 1.54) is 12.1 Å². The van der Waals surface area contributed by atoms with E-state index in [0.717, 1.165) is 17.7 Å². The molecule has 1 aromatic heterocycles. The molecule has 0 spiro atoms. The highest BCUT2D eigenvalue weighted by Gasteiger charge is 2.31. The van der Waals surface area contributed by atoms with E-state index in [-0.39, 0.29) is 17.7 Å². The highest BCUT2D eigenvalue weighted by molar-refractivity contribution is 5.94. The first-order valence-electron chi connectivity index (χ1n) is 11.2. The lowest BCUT2D eigenvalue weighted by molar-refractivity contribution is -0.274. The minimum Gasteiger partial charge on any atom is -0.406 e. The van der Waals surface area contributed by atoms with Gasteiger partial charge in [-0.2, -0.15) is 4.98 Å². The maximum Gasteiger partial charge on any atom is 0.573 e. The lowest BCUT2D eigenvalue weighted by Gasteiger charge is -2.39. The molecule has 2 atom stereocenters. The number of rotatable bonds is 7. The first-order valence-corrected chi connectivity index (χ1v) is 11.2. The van der Waals surface area contributed by atoms with Crippen LogP contribution in [0.1, 0.15) is 25.8 Å². The van der Waals surface area contributed by atoms with Gasteiger partial charge in [0.05, 0.1) is 12.1 Å². The van der Waals surface area contributed by atoms with Crippen LogP contribution in [-0.2, 0) is 4.79 Å². The first-order chi connectivity index (χ1) is 16.7. The second kappa shape index (κ2) is 10.4. The number of hydrogen-bond donors (Lipinski definition) is 1. The fourth-order valence-electron chi connectivity index (χ4n) is 3.93. The van der Waals surface area contributed by atoms with Crippen molar-refractivity contribution in [3.05, 3.63) is 60.5 Å². The van der Waals surface area contributed by atoms with E-state index in [4.69, 9.17) is 4.52 Å². The SMILES string of the molecule is CC(C(=O)Nc1ccc(OC(F)(F)F)cc1)N1CCN(C(C)c2nc(-c3ccccc3)no2)CC1. The van der Waals surface area contributed by atoms with E-state index >= 15 is 0 Å². The maximum atomic E-state index is 12.7. The van der Waals surface area contributed by atoms with Crippen molar-refractivity contribution in [2.75, 3.05) is 31.5 Å². The number of anilines is 1. The number of amides is 1. The van der Waals surface area contributed by atoms with Gasteiger partial charge in [-0.05, 0) is 38.1 Å². The number of benzene rings is 2. The second-order valence-corrected chi connectivity index (χ2v) is 8.31. The van der Waals surface area contributed by atoms with Gasteiger partial charge in [-0.1, -0.05) is 35.5 Å². The molecule has 2 aromatic carbocycles. The standard InChI is InChI=1S/C24H26F3N5O3/c1-16(22(33)28-19-8-10-20(11-9-19)34-24(25,26)27)31-12-14-32(15-13-31)17(2)23-29-21(30-35-23)18-6-4-3-5-7-18/h3-11,16-17H,12-15H2,1-2H3,(H,28,33). The first kappa shape index (κ1) is 24.7. The summed E-state index contributed by atoms with van der Waals surface area (Å²) in [5.41, 5.74) is 1.29. The Hall–Kier alpha value is -3.44. The van der Waals surface area contributed by atoms with Crippen LogP contribution in [0.4, 0.5) is 18.9 Å². The van der Waals surface area contributed by atoms with Crippen LogP contribution < -0.4 is 10.1 Å². The summed E-state index contributed by atoms with van der Waals surface area (Å²) in [7, 11) is 0. The summed E-state index contributed by atoms with van der Waals surface area (Å²) >= 11 is 0. The number of nitrogens with one attached hydrogen (secondary N) is 1. The van der Waals surface area contributed by atoms with Crippen LogP contribution in [0.25, 0.3) is 11.4 Å². The summed E-state index contributed by atoms with van der Waals surface area (Å²) < 4.78 is 46.2. The molecule has 2 unspecified atom stereocenters. The van der Waals surface area contributed by atoms with Gasteiger partial charge in [-0.15, -0.1) is 13.2 Å². The van der Waals surface area contributed by atoms with Crippen LogP contribution in [0.3, 0.4) is 0 Å². The molecule has 8 nitrogen and oxygen atoms in total. The van der Waals surface area contributed by atoms with E-state index in [2.05, 4.69) is 30.0 Å². The Morgan fingerprint density at radius 1 is 1.00 bits per heavy atom. The zero-order valence-electron chi connectivity index (χ0n) is 19.3. The van der Waals surface area contributed by atoms with Gasteiger partial charge in [-0.3, -0.25) is 14.6 Å². The Morgan fingerprint density at radius 3 is 2.26 bits per heavy atom. The van der Waals surface area contributed by atoms with Crippen LogP contribution in [0.2, 0.25) is 0 Å². The highest BCUT2D eigenvalue weighted by atomic mass is 19.4. The van der Waals surface area contributed by atoms with E-state index in [9.17, 15) is 18.0 Å². The van der Waals surface area contributed by atoms with Crippen LogP contribution >= 0.6 is 0 Å². The van der Waals surface area contributed by atoms with E-state index in [0.29, 0.717) is 43.6 Å². The van der Waals surface area contributed by atoms with Crippen molar-refractivity contribution in [1.82, 2.24) is 19.9 Å². The zero-order valence-corrected chi connectivity index (χ0v) is 19.3. The molecule has 1 N–H and O–H groups in total. The van der Waals surface area contributed by atoms with Gasteiger partial charge < -0.3 is 14.6 Å². The third-order valence-corrected chi connectivity index (χ3v) is 6.01. The summed E-state index contributed by atoms with van der Waals surface area (Å²) in [6.45, 7) is 6.57. The quantitative estimate of drug-likeness (QED) is 0.529. The third kappa shape index (κ3) is 6.37. The average molecular weight is 489 g/mol. The van der Waals surface area contributed by atoms with E-state index < -0.39 is 12.4 Å². The van der Waals surface area contributed by atoms with Crippen molar-refractivity contribution in [1.29, 1.82) is 0 Å². The molecular weight excluding hydrogens is 463 g/mol. The lowest BCUT2D eigenvalue weighted by Crippen LogP contribution is -2.53. The fraction of sp³-hybridized carbons (Fsp3) is 0.375. The Labute approximate surface area is 200 Å². The van der Waals surface area contributed by atoms with Gasteiger partial charge in [0.1, 0.15) is 5.75 Å². The summed E-state index contributed by atoms with van der Waals surface area (Å²) in [6, 6.07) is 14.2. The number of hydrogen-bond acceptors (Lipinski definition) is 7. The molecule has 3 aromatic rings. The predicted octanol–water partition coefficient (Wildman–Crippen LogP) is 4.34. The minimum atomic E-state index is -4.76. The molecule has 186 valence electrons. The van der Waals surface area contributed by atoms with Crippen LogP contribution in [-0.4, -0.2) is 64.4 Å². The number of nitrogens with zero attached hydrogens (tertiary/aromatic N) is 4. The summed E-state index contributed by atoms with van der Waals surface area (Å²) in [5, 5.41) is 6.83. The Morgan fingerprint density at radius 2 is 1.63 bits per heavy atom. The van der Waals surface area contributed by atoms with Crippen LogP contribution in [0, 0.1) is 0 Å². The van der Waals surface area contributed by atoms with Gasteiger partial charge >= 0.3 is 6.36 Å². The third-order valence-electron chi connectivity index (χ3n) is 6.01. The molecule has 1 saturated heterocycles. The van der Waals surface area contributed by atoms with Gasteiger partial charge in [0.25, 0.3) is 0 Å². The number of ether oxygens (including phenoxy) is 1. The molecule has 0 radical (unpaired) electrons. The maximum absolute atomic E-state index is 12.7. The van der Waals surface area contributed by atoms with Crippen molar-refractivity contribution in [3.63, 3.8) is 0 Å². The van der Waals surface area contributed by atoms with Crippen molar-refractivity contribution >= 4 is 11.6 Å². The lowest BCUT2D eigenvalue weighted by atomic mass is 10.1. The Kier molecular flexibility index (Phi) is 7.37. The molecule has 2 heterocycles. The van der Waals surface area contributed by atoms with Crippen molar-refractivity contribution in [2.24, 2.45) is 0 Å². The number of halogens is 3. The van der Waals surface area contributed by atoms with Gasteiger partial charge in [0.15, 0.2) is 0 Å². The number of carbonyl (C=O) groups excluding carboxylic acids is 1. The van der Waals surface area contributed by atoms with Crippen molar-refractivity contribution in [3.8, 4) is 17.1 Å². The number of alkyl halides is 3. The average Bonchev–Trinajstić information content (AvgIpc) is 3.34. The zero-order chi connectivity index (χ0) is 25.0. The molecule has 11 heteroatoms. The summed E-state index contributed by atoms with van der Waals surface area (Å²) in [6.07, 6.45) is -4.76. The molecule has 1 amide bonds. The predicted molar refractivity (Wildman–Crippen MR) is 123 cm³/mol. The summed E-state index contributed by atoms with van der Waals surface area (Å²) in [4.78, 5) is 21.5. The molecule has 1 aliphatic heterocycles. The normalized spacial score (nSPS) is 17.1. The minimum absolute atomic E-state index is 0.0660. The molecular formula is C24H26F3N5O3. The molecule has 1 fully saturated rings. The molecule has 0 saturated carbocycles. The van der Waals surface area contributed by atoms with Crippen molar-refractivity contribution in [2.45, 2.75) is 32.3 Å². The van der Waals surface area contributed by atoms with Gasteiger partial charge in [-0.25, -0.2) is 0 Å². The molecule has 4 rings (SSSR count). The molecule has 0 bridgehead atoms. The van der Waals surface area contributed by atoms with E-state index in [1.54, 1.807) is 6.92 Å². The molecule has 35 heavy (non-hydrogen) atoms. The van der Waals surface area contributed by atoms with Crippen molar-refractivity contribution < 1.29 is 27.2 Å². The molecule has 1 aliphatic rings. The summed E-state index contributed by atoms with van der Waals surface area (Å²) in [5.74, 6) is 0.516. The fourth-order valence-corrected chi connectivity index (χ4v) is 3.93. The monoisotopic (exact) mass is 489 g/mol. The number of aromatic nitrogens is 2. The molecule has 0 aliphatic carbocycles. The van der Waals surface area contributed by atoms with Gasteiger partial charge in [0.2, 0.25) is 17.6 Å². The number of piperazine rings is 1. The van der Waals surface area contributed by atoms with Crippen LogP contribution in [0.5, 0.6) is 5.75 Å². The van der Waals surface area contributed by atoms with E-state index in [1.807, 2.05) is 37.3 Å². The van der Waals surface area contributed by atoms with Gasteiger partial charge in [0, 0.05) is 37.4 Å². The Balaban J connectivity index is 1.28. The highest BCUT2D eigenvalue weighted by Crippen LogP contribution is 2.25. The Bertz CT molecular complexity index is 1110. The topological polar surface area (TPSA) is 83.7 Å². The van der Waals surface area contributed by atoms with Crippen LogP contribution in [0.15, 0.2) is 59.1 Å². The number of carbonyl (C=O) groups is 1. The second-order valence-electron chi connectivity index (χ2n) is 8.31.